The summed E-state index contributed by atoms with van der Waals surface area (Å²) in [7, 11) is 0. The first-order valence-corrected chi connectivity index (χ1v) is 3.85. The molecule has 0 unspecified atom stereocenters. The molecule has 1 aliphatic carbocycles. The Bertz CT molecular complexity index is 312. The Balaban J connectivity index is 2.95. The highest BCUT2D eigenvalue weighted by atomic mass is 32.1. The molecule has 0 saturated heterocycles. The van der Waals surface area contributed by atoms with E-state index in [0.29, 0.717) is 0 Å². The van der Waals surface area contributed by atoms with Crippen molar-refractivity contribution in [2.24, 2.45) is 0 Å². The third-order valence-electron chi connectivity index (χ3n) is 1.50. The highest BCUT2D eigenvalue weighted by Crippen LogP contribution is 2.23. The molecule has 0 aromatic heterocycles. The van der Waals surface area contributed by atoms with Gasteiger partial charge in [0.05, 0.1) is 0 Å². The predicted molar refractivity (Wildman–Crippen MR) is 45.5 cm³/mol. The van der Waals surface area contributed by atoms with Crippen LogP contribution in [0.15, 0.2) is 23.8 Å². The second kappa shape index (κ2) is 3.41. The molecule has 0 amide bonds. The zero-order valence-electron chi connectivity index (χ0n) is 6.39. The van der Waals surface area contributed by atoms with Crippen LogP contribution in [-0.4, -0.2) is 16.8 Å². The molecule has 0 radical (unpaired) electrons. The Morgan fingerprint density at radius 1 is 1.46 bits per heavy atom. The number of halogens is 3. The van der Waals surface area contributed by atoms with Crippen molar-refractivity contribution >= 4 is 22.9 Å². The van der Waals surface area contributed by atoms with Crippen molar-refractivity contribution < 1.29 is 18.0 Å². The van der Waals surface area contributed by atoms with Crippen LogP contribution >= 0.6 is 12.2 Å². The van der Waals surface area contributed by atoms with E-state index in [4.69, 9.17) is 0 Å². The third kappa shape index (κ3) is 2.24. The van der Waals surface area contributed by atoms with Gasteiger partial charge in [0.1, 0.15) is 0 Å². The zero-order valence-corrected chi connectivity index (χ0v) is 7.21. The van der Waals surface area contributed by atoms with Gasteiger partial charge in [-0.1, -0.05) is 30.4 Å². The Labute approximate surface area is 77.9 Å². The maximum Gasteiger partial charge on any atom is 0.454 e. The van der Waals surface area contributed by atoms with E-state index in [9.17, 15) is 18.0 Å². The standard InChI is InChI=1S/C8H5F3OS/c9-8(10,11)7(12)5-3-1-2-4-6(5)13/h1-3H,4H2. The molecule has 0 spiro atoms. The van der Waals surface area contributed by atoms with E-state index in [1.54, 1.807) is 6.08 Å². The molecule has 0 heterocycles. The van der Waals surface area contributed by atoms with Crippen molar-refractivity contribution in [1.29, 1.82) is 0 Å². The summed E-state index contributed by atoms with van der Waals surface area (Å²) < 4.78 is 35.8. The first-order chi connectivity index (χ1) is 5.93. The van der Waals surface area contributed by atoms with Crippen molar-refractivity contribution in [2.75, 3.05) is 0 Å². The van der Waals surface area contributed by atoms with Crippen molar-refractivity contribution in [1.82, 2.24) is 0 Å². The molecule has 1 rings (SSSR count). The molecule has 0 aliphatic heterocycles. The van der Waals surface area contributed by atoms with E-state index in [-0.39, 0.29) is 11.3 Å². The minimum atomic E-state index is -4.83. The van der Waals surface area contributed by atoms with Crippen molar-refractivity contribution in [2.45, 2.75) is 12.6 Å². The van der Waals surface area contributed by atoms with Crippen LogP contribution in [0.3, 0.4) is 0 Å². The monoisotopic (exact) mass is 206 g/mol. The van der Waals surface area contributed by atoms with Crippen LogP contribution in [0, 0.1) is 0 Å². The average molecular weight is 206 g/mol. The largest absolute Gasteiger partial charge is 0.454 e. The summed E-state index contributed by atoms with van der Waals surface area (Å²) in [5.41, 5.74) is -0.412. The molecule has 0 bridgehead atoms. The van der Waals surface area contributed by atoms with Gasteiger partial charge < -0.3 is 0 Å². The minimum Gasteiger partial charge on any atom is -0.284 e. The maximum atomic E-state index is 11.9. The Hall–Kier alpha value is -0.970. The molecule has 13 heavy (non-hydrogen) atoms. The SMILES string of the molecule is O=C(C1=CC=CCC1=S)C(F)(F)F. The molecule has 0 saturated carbocycles. The normalized spacial score (nSPS) is 17.2. The lowest BCUT2D eigenvalue weighted by Crippen LogP contribution is -2.28. The van der Waals surface area contributed by atoms with Crippen LogP contribution in [0.1, 0.15) is 6.42 Å². The summed E-state index contributed by atoms with van der Waals surface area (Å²) in [6, 6.07) is 0. The average Bonchev–Trinajstić information content (AvgIpc) is 2.02. The van der Waals surface area contributed by atoms with E-state index >= 15 is 0 Å². The summed E-state index contributed by atoms with van der Waals surface area (Å²) in [5.74, 6) is -1.86. The van der Waals surface area contributed by atoms with Crippen LogP contribution in [0.2, 0.25) is 0 Å². The number of Topliss-reactive ketones (excluding diaryl/α,β-unsaturated/α-hetero) is 1. The second-order valence-electron chi connectivity index (χ2n) is 2.46. The number of thiocarbonyl (C=S) groups is 1. The molecule has 0 aromatic carbocycles. The topological polar surface area (TPSA) is 17.1 Å². The van der Waals surface area contributed by atoms with E-state index in [1.165, 1.54) is 6.08 Å². The zero-order chi connectivity index (χ0) is 10.1. The van der Waals surface area contributed by atoms with Gasteiger partial charge in [-0.2, -0.15) is 13.2 Å². The highest BCUT2D eigenvalue weighted by molar-refractivity contribution is 7.81. The van der Waals surface area contributed by atoms with Gasteiger partial charge in [0.25, 0.3) is 5.78 Å². The van der Waals surface area contributed by atoms with Crippen molar-refractivity contribution in [3.05, 3.63) is 23.8 Å². The second-order valence-corrected chi connectivity index (χ2v) is 2.96. The smallest absolute Gasteiger partial charge is 0.284 e. The lowest BCUT2D eigenvalue weighted by atomic mass is 10.0. The molecule has 0 atom stereocenters. The maximum absolute atomic E-state index is 11.9. The summed E-state index contributed by atoms with van der Waals surface area (Å²) in [5, 5.41) is 0. The van der Waals surface area contributed by atoms with E-state index in [2.05, 4.69) is 12.2 Å². The molecule has 70 valence electrons. The fourth-order valence-corrected chi connectivity index (χ4v) is 1.15. The number of hydrogen-bond donors (Lipinski definition) is 0. The number of carbonyl (C=O) groups is 1. The van der Waals surface area contributed by atoms with Crippen LogP contribution < -0.4 is 0 Å². The number of rotatable bonds is 1. The number of carbonyl (C=O) groups excluding carboxylic acids is 1. The van der Waals surface area contributed by atoms with Crippen LogP contribution in [0.4, 0.5) is 13.2 Å². The molecule has 1 aliphatic rings. The lowest BCUT2D eigenvalue weighted by Gasteiger charge is -2.10. The highest BCUT2D eigenvalue weighted by Gasteiger charge is 2.41. The van der Waals surface area contributed by atoms with Crippen LogP contribution in [0.25, 0.3) is 0 Å². The molecule has 5 heteroatoms. The predicted octanol–water partition coefficient (Wildman–Crippen LogP) is 2.37. The van der Waals surface area contributed by atoms with Crippen LogP contribution in [-0.2, 0) is 4.79 Å². The summed E-state index contributed by atoms with van der Waals surface area (Å²) in [4.78, 5) is 10.8. The molecule has 0 N–H and O–H groups in total. The fraction of sp³-hybridized carbons (Fsp3) is 0.250. The van der Waals surface area contributed by atoms with Gasteiger partial charge in [0, 0.05) is 16.9 Å². The van der Waals surface area contributed by atoms with Gasteiger partial charge in [0.2, 0.25) is 0 Å². The lowest BCUT2D eigenvalue weighted by molar-refractivity contribution is -0.165. The Morgan fingerprint density at radius 3 is 2.54 bits per heavy atom. The molecular weight excluding hydrogens is 201 g/mol. The summed E-state index contributed by atoms with van der Waals surface area (Å²) in [6.07, 6.45) is -0.504. The summed E-state index contributed by atoms with van der Waals surface area (Å²) >= 11 is 4.63. The molecule has 0 fully saturated rings. The van der Waals surface area contributed by atoms with Gasteiger partial charge >= 0.3 is 6.18 Å². The van der Waals surface area contributed by atoms with Gasteiger partial charge in [-0.05, 0) is 0 Å². The van der Waals surface area contributed by atoms with Crippen molar-refractivity contribution in [3.8, 4) is 0 Å². The third-order valence-corrected chi connectivity index (χ3v) is 1.89. The fourth-order valence-electron chi connectivity index (χ4n) is 0.897. The first-order valence-electron chi connectivity index (χ1n) is 3.44. The number of ketones is 1. The van der Waals surface area contributed by atoms with Gasteiger partial charge in [0.15, 0.2) is 0 Å². The van der Waals surface area contributed by atoms with Gasteiger partial charge in [-0.3, -0.25) is 4.79 Å². The van der Waals surface area contributed by atoms with Crippen molar-refractivity contribution in [3.63, 3.8) is 0 Å². The van der Waals surface area contributed by atoms with Gasteiger partial charge in [-0.15, -0.1) is 0 Å². The van der Waals surface area contributed by atoms with Crippen LogP contribution in [0.5, 0.6) is 0 Å². The quantitative estimate of drug-likeness (QED) is 0.613. The number of alkyl halides is 3. The number of hydrogen-bond acceptors (Lipinski definition) is 2. The van der Waals surface area contributed by atoms with E-state index < -0.39 is 17.5 Å². The molecule has 1 nitrogen and oxygen atoms in total. The Kier molecular flexibility index (Phi) is 2.66. The minimum absolute atomic E-state index is 0.0461. The molecule has 0 aromatic rings. The summed E-state index contributed by atoms with van der Waals surface area (Å²) in [6.45, 7) is 0. The van der Waals surface area contributed by atoms with Gasteiger partial charge in [-0.25, -0.2) is 0 Å². The first kappa shape index (κ1) is 10.1. The van der Waals surface area contributed by atoms with E-state index in [0.717, 1.165) is 6.08 Å². The molecular formula is C8H5F3OS. The Morgan fingerprint density at radius 2 is 2.08 bits per heavy atom. The van der Waals surface area contributed by atoms with E-state index in [1.807, 2.05) is 0 Å². The number of allylic oxidation sites excluding steroid dienone is 4.